The van der Waals surface area contributed by atoms with Gasteiger partial charge in [-0.25, -0.2) is 9.82 Å². The van der Waals surface area contributed by atoms with Gasteiger partial charge in [-0.3, -0.25) is 4.79 Å². The zero-order valence-corrected chi connectivity index (χ0v) is 16.9. The number of hydrogen-bond acceptors (Lipinski definition) is 5. The first kappa shape index (κ1) is 20.4. The molecule has 0 aliphatic carbocycles. The molecule has 0 spiro atoms. The van der Waals surface area contributed by atoms with Crippen LogP contribution in [0.1, 0.15) is 21.5 Å². The van der Waals surface area contributed by atoms with Crippen molar-refractivity contribution in [2.75, 3.05) is 0 Å². The predicted molar refractivity (Wildman–Crippen MR) is 115 cm³/mol. The molecule has 4 aromatic rings. The van der Waals surface area contributed by atoms with Gasteiger partial charge in [0.25, 0.3) is 5.91 Å². The number of nitrogens with zero attached hydrogens (tertiary/aromatic N) is 5. The summed E-state index contributed by atoms with van der Waals surface area (Å²) in [7, 11) is 0. The summed E-state index contributed by atoms with van der Waals surface area (Å²) in [5.41, 5.74) is 4.65. The summed E-state index contributed by atoms with van der Waals surface area (Å²) < 4.78 is 13.7. The van der Waals surface area contributed by atoms with Crippen molar-refractivity contribution >= 4 is 23.7 Å². The minimum atomic E-state index is -0.521. The molecule has 0 saturated carbocycles. The Balaban J connectivity index is 1.37. The Labute approximate surface area is 182 Å². The van der Waals surface area contributed by atoms with Gasteiger partial charge in [0.1, 0.15) is 5.82 Å². The van der Waals surface area contributed by atoms with Crippen LogP contribution in [-0.2, 0) is 6.54 Å². The molecule has 0 bridgehead atoms. The third kappa shape index (κ3) is 4.99. The molecule has 154 valence electrons. The Kier molecular flexibility index (Phi) is 6.09. The second-order valence-corrected chi connectivity index (χ2v) is 6.95. The van der Waals surface area contributed by atoms with Crippen LogP contribution in [0.4, 0.5) is 4.39 Å². The van der Waals surface area contributed by atoms with Gasteiger partial charge < -0.3 is 0 Å². The molecular formula is C22H16ClFN6O. The third-order valence-corrected chi connectivity index (χ3v) is 4.71. The summed E-state index contributed by atoms with van der Waals surface area (Å²) in [6, 6.07) is 20.8. The van der Waals surface area contributed by atoms with Gasteiger partial charge in [-0.2, -0.15) is 9.90 Å². The summed E-state index contributed by atoms with van der Waals surface area (Å²) in [6.45, 7) is 0.408. The maximum absolute atomic E-state index is 13.7. The van der Waals surface area contributed by atoms with Gasteiger partial charge in [0.2, 0.25) is 5.82 Å². The molecular weight excluding hydrogens is 419 g/mol. The molecule has 0 radical (unpaired) electrons. The number of nitrogens with one attached hydrogen (secondary N) is 1. The molecule has 9 heteroatoms. The molecule has 1 N–H and O–H groups in total. The van der Waals surface area contributed by atoms with E-state index in [1.54, 1.807) is 30.3 Å². The Morgan fingerprint density at radius 2 is 1.84 bits per heavy atom. The molecule has 0 fully saturated rings. The molecule has 0 atom stereocenters. The predicted octanol–water partition coefficient (Wildman–Crippen LogP) is 3.94. The van der Waals surface area contributed by atoms with E-state index in [9.17, 15) is 9.18 Å². The van der Waals surface area contributed by atoms with E-state index in [4.69, 9.17) is 11.6 Å². The van der Waals surface area contributed by atoms with E-state index in [-0.39, 0.29) is 10.6 Å². The van der Waals surface area contributed by atoms with Crippen molar-refractivity contribution in [1.82, 2.24) is 25.6 Å². The summed E-state index contributed by atoms with van der Waals surface area (Å²) >= 11 is 5.92. The molecule has 0 unspecified atom stereocenters. The van der Waals surface area contributed by atoms with Gasteiger partial charge in [0, 0.05) is 16.7 Å². The molecule has 1 heterocycles. The second-order valence-electron chi connectivity index (χ2n) is 6.54. The van der Waals surface area contributed by atoms with Crippen LogP contribution in [0.3, 0.4) is 0 Å². The lowest BCUT2D eigenvalue weighted by Crippen LogP contribution is -2.17. The third-order valence-electron chi connectivity index (χ3n) is 4.38. The zero-order chi connectivity index (χ0) is 21.6. The molecule has 0 aliphatic rings. The number of hydrazone groups is 1. The van der Waals surface area contributed by atoms with Crippen molar-refractivity contribution in [3.8, 4) is 11.4 Å². The number of carbonyl (C=O) groups excluding carboxylic acids is 1. The largest absolute Gasteiger partial charge is 0.271 e. The highest BCUT2D eigenvalue weighted by atomic mass is 35.5. The highest BCUT2D eigenvalue weighted by Crippen LogP contribution is 2.16. The number of amides is 1. The maximum Gasteiger partial charge on any atom is 0.271 e. The quantitative estimate of drug-likeness (QED) is 0.368. The van der Waals surface area contributed by atoms with Crippen LogP contribution in [0.15, 0.2) is 77.9 Å². The van der Waals surface area contributed by atoms with Crippen LogP contribution in [-0.4, -0.2) is 32.3 Å². The number of rotatable bonds is 6. The van der Waals surface area contributed by atoms with E-state index in [2.05, 4.69) is 25.9 Å². The van der Waals surface area contributed by atoms with E-state index in [0.717, 1.165) is 11.1 Å². The van der Waals surface area contributed by atoms with Crippen molar-refractivity contribution in [3.05, 3.63) is 100 Å². The zero-order valence-electron chi connectivity index (χ0n) is 16.1. The van der Waals surface area contributed by atoms with E-state index in [1.807, 2.05) is 30.3 Å². The first-order valence-electron chi connectivity index (χ1n) is 9.30. The van der Waals surface area contributed by atoms with Crippen LogP contribution in [0.5, 0.6) is 0 Å². The van der Waals surface area contributed by atoms with Crippen molar-refractivity contribution in [3.63, 3.8) is 0 Å². The van der Waals surface area contributed by atoms with Gasteiger partial charge in [-0.05, 0) is 35.0 Å². The van der Waals surface area contributed by atoms with Gasteiger partial charge >= 0.3 is 0 Å². The molecule has 1 aromatic heterocycles. The van der Waals surface area contributed by atoms with Gasteiger partial charge in [0.05, 0.1) is 17.8 Å². The Morgan fingerprint density at radius 3 is 2.58 bits per heavy atom. The maximum atomic E-state index is 13.7. The number of aromatic nitrogens is 4. The number of hydrogen-bond donors (Lipinski definition) is 1. The SMILES string of the molecule is O=C(N/N=C/c1c(F)cccc1Cl)c1ccc(Cn2nnc(-c3ccccc3)n2)cc1. The van der Waals surface area contributed by atoms with Crippen LogP contribution in [0.2, 0.25) is 5.02 Å². The van der Waals surface area contributed by atoms with Gasteiger partial charge in [0.15, 0.2) is 0 Å². The van der Waals surface area contributed by atoms with E-state index >= 15 is 0 Å². The van der Waals surface area contributed by atoms with Crippen LogP contribution < -0.4 is 5.43 Å². The topological polar surface area (TPSA) is 85.1 Å². The lowest BCUT2D eigenvalue weighted by atomic mass is 10.1. The lowest BCUT2D eigenvalue weighted by Gasteiger charge is -2.03. The molecule has 0 aliphatic heterocycles. The minimum absolute atomic E-state index is 0.106. The van der Waals surface area contributed by atoms with Crippen molar-refractivity contribution in [2.45, 2.75) is 6.54 Å². The second kappa shape index (κ2) is 9.27. The fraction of sp³-hybridized carbons (Fsp3) is 0.0455. The fourth-order valence-corrected chi connectivity index (χ4v) is 3.00. The summed E-state index contributed by atoms with van der Waals surface area (Å²) in [6.07, 6.45) is 1.17. The van der Waals surface area contributed by atoms with E-state index in [0.29, 0.717) is 17.9 Å². The average molecular weight is 435 g/mol. The van der Waals surface area contributed by atoms with Crippen LogP contribution in [0.25, 0.3) is 11.4 Å². The smallest absolute Gasteiger partial charge is 0.267 e. The average Bonchev–Trinajstić information content (AvgIpc) is 3.25. The van der Waals surface area contributed by atoms with Gasteiger partial charge in [-0.1, -0.05) is 60.1 Å². The molecule has 7 nitrogen and oxygen atoms in total. The van der Waals surface area contributed by atoms with Crippen molar-refractivity contribution in [2.24, 2.45) is 5.10 Å². The summed E-state index contributed by atoms with van der Waals surface area (Å²) in [5.74, 6) is -0.406. The summed E-state index contributed by atoms with van der Waals surface area (Å²) in [5, 5.41) is 16.5. The number of benzene rings is 3. The number of carbonyl (C=O) groups is 1. The number of tetrazole rings is 1. The van der Waals surface area contributed by atoms with Crippen molar-refractivity contribution < 1.29 is 9.18 Å². The normalized spacial score (nSPS) is 11.0. The number of halogens is 2. The van der Waals surface area contributed by atoms with Crippen LogP contribution in [0, 0.1) is 5.82 Å². The lowest BCUT2D eigenvalue weighted by molar-refractivity contribution is 0.0955. The van der Waals surface area contributed by atoms with Crippen LogP contribution >= 0.6 is 11.6 Å². The van der Waals surface area contributed by atoms with E-state index < -0.39 is 11.7 Å². The fourth-order valence-electron chi connectivity index (χ4n) is 2.79. The van der Waals surface area contributed by atoms with E-state index in [1.165, 1.54) is 23.1 Å². The molecule has 0 saturated heterocycles. The monoisotopic (exact) mass is 434 g/mol. The molecule has 4 rings (SSSR count). The first-order valence-corrected chi connectivity index (χ1v) is 9.67. The van der Waals surface area contributed by atoms with Gasteiger partial charge in [-0.15, -0.1) is 10.2 Å². The standard InChI is InChI=1S/C22H16ClFN6O/c23-19-7-4-8-20(24)18(19)13-25-27-22(31)17-11-9-15(10-12-17)14-30-28-21(26-29-30)16-5-2-1-3-6-16/h1-13H,14H2,(H,27,31)/b25-13+. The first-order chi connectivity index (χ1) is 15.1. The Hall–Kier alpha value is -3.91. The minimum Gasteiger partial charge on any atom is -0.267 e. The Morgan fingerprint density at radius 1 is 1.06 bits per heavy atom. The Bertz CT molecular complexity index is 1200. The summed E-state index contributed by atoms with van der Waals surface area (Å²) in [4.78, 5) is 13.7. The van der Waals surface area contributed by atoms with Crippen molar-refractivity contribution in [1.29, 1.82) is 0 Å². The molecule has 1 amide bonds. The highest BCUT2D eigenvalue weighted by Gasteiger charge is 2.08. The highest BCUT2D eigenvalue weighted by molar-refractivity contribution is 6.33. The molecule has 31 heavy (non-hydrogen) atoms. The molecule has 3 aromatic carbocycles.